The first-order chi connectivity index (χ1) is 6.74. The fourth-order valence-electron chi connectivity index (χ4n) is 1.24. The van der Waals surface area contributed by atoms with Gasteiger partial charge in [0.1, 0.15) is 0 Å². The number of hydrogen-bond donors (Lipinski definition) is 1. The first-order valence-electron chi connectivity index (χ1n) is 4.88. The van der Waals surface area contributed by atoms with Crippen LogP contribution in [-0.2, 0) is 6.54 Å². The molecule has 0 saturated heterocycles. The smallest absolute Gasteiger partial charge is 0.266 e. The third-order valence-corrected chi connectivity index (χ3v) is 2.35. The van der Waals surface area contributed by atoms with Crippen LogP contribution in [-0.4, -0.2) is 15.5 Å². The van der Waals surface area contributed by atoms with E-state index in [0.717, 1.165) is 30.6 Å². The van der Waals surface area contributed by atoms with E-state index in [1.807, 2.05) is 6.92 Å². The molecule has 1 rings (SSSR count). The van der Waals surface area contributed by atoms with Crippen LogP contribution in [0.25, 0.3) is 0 Å². The van der Waals surface area contributed by atoms with E-state index in [2.05, 4.69) is 17.7 Å². The van der Waals surface area contributed by atoms with Crippen LogP contribution < -0.4 is 5.56 Å². The summed E-state index contributed by atoms with van der Waals surface area (Å²) in [4.78, 5) is 11.4. The van der Waals surface area contributed by atoms with Gasteiger partial charge in [0.05, 0.1) is 6.20 Å². The minimum atomic E-state index is -0.00382. The summed E-state index contributed by atoms with van der Waals surface area (Å²) < 4.78 is 1.52. The molecule has 1 aromatic rings. The van der Waals surface area contributed by atoms with Crippen molar-refractivity contribution in [2.45, 2.75) is 32.7 Å². The molecule has 1 aromatic heterocycles. The summed E-state index contributed by atoms with van der Waals surface area (Å²) >= 11 is 4.13. The lowest BCUT2D eigenvalue weighted by Crippen LogP contribution is -2.22. The number of rotatable bonds is 5. The molecule has 0 spiro atoms. The summed E-state index contributed by atoms with van der Waals surface area (Å²) in [5.41, 5.74) is 0.914. The van der Waals surface area contributed by atoms with Crippen molar-refractivity contribution in [1.82, 2.24) is 9.78 Å². The van der Waals surface area contributed by atoms with Crippen LogP contribution in [0.15, 0.2) is 17.1 Å². The van der Waals surface area contributed by atoms with Crippen LogP contribution >= 0.6 is 12.6 Å². The van der Waals surface area contributed by atoms with E-state index in [4.69, 9.17) is 0 Å². The van der Waals surface area contributed by atoms with Crippen molar-refractivity contribution in [2.24, 2.45) is 0 Å². The SMILES string of the molecule is Cc1cnn(CCCCCS)c(=O)c1. The number of thiol groups is 1. The Bertz CT molecular complexity index is 335. The zero-order valence-electron chi connectivity index (χ0n) is 8.44. The third kappa shape index (κ3) is 3.54. The second kappa shape index (κ2) is 5.86. The summed E-state index contributed by atoms with van der Waals surface area (Å²) in [6, 6.07) is 1.62. The van der Waals surface area contributed by atoms with Crippen molar-refractivity contribution in [2.75, 3.05) is 5.75 Å². The van der Waals surface area contributed by atoms with Crippen LogP contribution in [0, 0.1) is 6.92 Å². The largest absolute Gasteiger partial charge is 0.268 e. The Hall–Kier alpha value is -0.770. The maximum Gasteiger partial charge on any atom is 0.266 e. The second-order valence-electron chi connectivity index (χ2n) is 3.38. The normalized spacial score (nSPS) is 10.4. The highest BCUT2D eigenvalue weighted by Crippen LogP contribution is 1.98. The second-order valence-corrected chi connectivity index (χ2v) is 3.83. The van der Waals surface area contributed by atoms with Gasteiger partial charge >= 0.3 is 0 Å². The summed E-state index contributed by atoms with van der Waals surface area (Å²) in [5.74, 6) is 0.913. The first kappa shape index (κ1) is 11.3. The molecule has 0 aliphatic heterocycles. The number of aryl methyl sites for hydroxylation is 2. The van der Waals surface area contributed by atoms with Gasteiger partial charge in [0.25, 0.3) is 5.56 Å². The molecule has 0 aliphatic rings. The van der Waals surface area contributed by atoms with Gasteiger partial charge in [0.2, 0.25) is 0 Å². The summed E-state index contributed by atoms with van der Waals surface area (Å²) in [5, 5.41) is 4.06. The molecule has 0 atom stereocenters. The van der Waals surface area contributed by atoms with Gasteiger partial charge in [-0.2, -0.15) is 17.7 Å². The number of nitrogens with zero attached hydrogens (tertiary/aromatic N) is 2. The topological polar surface area (TPSA) is 34.9 Å². The first-order valence-corrected chi connectivity index (χ1v) is 5.52. The van der Waals surface area contributed by atoms with E-state index in [1.165, 1.54) is 4.68 Å². The molecule has 0 saturated carbocycles. The molecule has 0 amide bonds. The molecular formula is C10H16N2OS. The zero-order chi connectivity index (χ0) is 10.4. The van der Waals surface area contributed by atoms with E-state index in [-0.39, 0.29) is 5.56 Å². The molecular weight excluding hydrogens is 196 g/mol. The van der Waals surface area contributed by atoms with Crippen molar-refractivity contribution in [3.05, 3.63) is 28.2 Å². The molecule has 0 N–H and O–H groups in total. The Morgan fingerprint density at radius 2 is 2.21 bits per heavy atom. The highest BCUT2D eigenvalue weighted by molar-refractivity contribution is 7.80. The van der Waals surface area contributed by atoms with E-state index in [9.17, 15) is 4.79 Å². The molecule has 3 nitrogen and oxygen atoms in total. The Morgan fingerprint density at radius 1 is 1.43 bits per heavy atom. The number of hydrogen-bond acceptors (Lipinski definition) is 3. The monoisotopic (exact) mass is 212 g/mol. The Morgan fingerprint density at radius 3 is 2.86 bits per heavy atom. The zero-order valence-corrected chi connectivity index (χ0v) is 9.33. The molecule has 4 heteroatoms. The molecule has 0 fully saturated rings. The molecule has 0 bridgehead atoms. The van der Waals surface area contributed by atoms with Crippen molar-refractivity contribution < 1.29 is 0 Å². The van der Waals surface area contributed by atoms with Crippen LogP contribution in [0.3, 0.4) is 0 Å². The lowest BCUT2D eigenvalue weighted by Gasteiger charge is -2.03. The Labute approximate surface area is 89.6 Å². The average molecular weight is 212 g/mol. The molecule has 0 aliphatic carbocycles. The van der Waals surface area contributed by atoms with Gasteiger partial charge in [-0.3, -0.25) is 4.79 Å². The van der Waals surface area contributed by atoms with Gasteiger partial charge < -0.3 is 0 Å². The third-order valence-electron chi connectivity index (χ3n) is 2.03. The highest BCUT2D eigenvalue weighted by Gasteiger charge is 1.96. The Kier molecular flexibility index (Phi) is 4.73. The predicted molar refractivity (Wildman–Crippen MR) is 60.9 cm³/mol. The molecule has 78 valence electrons. The van der Waals surface area contributed by atoms with E-state index >= 15 is 0 Å². The lowest BCUT2D eigenvalue weighted by atomic mass is 10.2. The summed E-state index contributed by atoms with van der Waals surface area (Å²) in [6.07, 6.45) is 4.92. The van der Waals surface area contributed by atoms with Crippen LogP contribution in [0.1, 0.15) is 24.8 Å². The fourth-order valence-corrected chi connectivity index (χ4v) is 1.47. The molecule has 1 heterocycles. The van der Waals surface area contributed by atoms with Gasteiger partial charge in [-0.25, -0.2) is 4.68 Å². The standard InChI is InChI=1S/C10H16N2OS/c1-9-7-10(13)12(11-8-9)5-3-2-4-6-14/h7-8,14H,2-6H2,1H3. The van der Waals surface area contributed by atoms with E-state index in [1.54, 1.807) is 12.3 Å². The Balaban J connectivity index is 2.47. The minimum Gasteiger partial charge on any atom is -0.268 e. The predicted octanol–water partition coefficient (Wildman–Crippen LogP) is 1.65. The molecule has 0 radical (unpaired) electrons. The van der Waals surface area contributed by atoms with Gasteiger partial charge in [-0.15, -0.1) is 0 Å². The average Bonchev–Trinajstić information content (AvgIpc) is 2.15. The van der Waals surface area contributed by atoms with Crippen LogP contribution in [0.5, 0.6) is 0 Å². The van der Waals surface area contributed by atoms with Crippen molar-refractivity contribution in [1.29, 1.82) is 0 Å². The maximum atomic E-state index is 11.4. The molecule has 0 unspecified atom stereocenters. The van der Waals surface area contributed by atoms with Crippen molar-refractivity contribution >= 4 is 12.6 Å². The summed E-state index contributed by atoms with van der Waals surface area (Å²) in [6.45, 7) is 2.59. The van der Waals surface area contributed by atoms with Gasteiger partial charge in [0, 0.05) is 12.6 Å². The molecule has 0 aromatic carbocycles. The number of aromatic nitrogens is 2. The van der Waals surface area contributed by atoms with Gasteiger partial charge in [-0.1, -0.05) is 6.42 Å². The van der Waals surface area contributed by atoms with Crippen molar-refractivity contribution in [3.8, 4) is 0 Å². The van der Waals surface area contributed by atoms with Gasteiger partial charge in [0.15, 0.2) is 0 Å². The van der Waals surface area contributed by atoms with Crippen molar-refractivity contribution in [3.63, 3.8) is 0 Å². The van der Waals surface area contributed by atoms with E-state index < -0.39 is 0 Å². The van der Waals surface area contributed by atoms with Gasteiger partial charge in [-0.05, 0) is 31.1 Å². The number of unbranched alkanes of at least 4 members (excludes halogenated alkanes) is 2. The lowest BCUT2D eigenvalue weighted by molar-refractivity contribution is 0.528. The summed E-state index contributed by atoms with van der Waals surface area (Å²) in [7, 11) is 0. The van der Waals surface area contributed by atoms with E-state index in [0.29, 0.717) is 6.54 Å². The quantitative estimate of drug-likeness (QED) is 0.595. The minimum absolute atomic E-state index is 0.00382. The van der Waals surface area contributed by atoms with Crippen LogP contribution in [0.4, 0.5) is 0 Å². The van der Waals surface area contributed by atoms with Crippen LogP contribution in [0.2, 0.25) is 0 Å². The molecule has 14 heavy (non-hydrogen) atoms. The maximum absolute atomic E-state index is 11.4. The fraction of sp³-hybridized carbons (Fsp3) is 0.600. The highest BCUT2D eigenvalue weighted by atomic mass is 32.1.